The quantitative estimate of drug-likeness (QED) is 0.590. The number of nitrogens with one attached hydrogen (secondary N) is 3. The van der Waals surface area contributed by atoms with Crippen LogP contribution in [0.15, 0.2) is 29.2 Å². The fourth-order valence-corrected chi connectivity index (χ4v) is 2.55. The van der Waals surface area contributed by atoms with E-state index in [2.05, 4.69) is 15.4 Å². The summed E-state index contributed by atoms with van der Waals surface area (Å²) in [6, 6.07) is 3.46. The van der Waals surface area contributed by atoms with E-state index in [-0.39, 0.29) is 11.4 Å². The Morgan fingerprint density at radius 1 is 1.04 bits per heavy atom. The highest BCUT2D eigenvalue weighted by Crippen LogP contribution is 2.23. The zero-order chi connectivity index (χ0) is 19.1. The number of alkyl halides is 3. The molecule has 1 aromatic rings. The lowest BCUT2D eigenvalue weighted by Gasteiger charge is -2.10. The summed E-state index contributed by atoms with van der Waals surface area (Å²) >= 11 is 0. The van der Waals surface area contributed by atoms with Crippen LogP contribution in [0.5, 0.6) is 5.75 Å². The van der Waals surface area contributed by atoms with Gasteiger partial charge in [0, 0.05) is 6.54 Å². The first-order valence-corrected chi connectivity index (χ1v) is 8.40. The lowest BCUT2D eigenvalue weighted by molar-refractivity contribution is -0.274. The number of hydrogen-bond donors (Lipinski definition) is 3. The molecule has 0 aromatic heterocycles. The zero-order valence-corrected chi connectivity index (χ0v) is 13.8. The molecule has 3 N–H and O–H groups in total. The number of halogens is 3. The largest absolute Gasteiger partial charge is 0.573 e. The van der Waals surface area contributed by atoms with Crippen molar-refractivity contribution in [1.82, 2.24) is 15.4 Å². The summed E-state index contributed by atoms with van der Waals surface area (Å²) in [6.07, 6.45) is -4.89. The second kappa shape index (κ2) is 8.67. The number of carbonyl (C=O) groups is 2. The van der Waals surface area contributed by atoms with Gasteiger partial charge in [0.05, 0.1) is 18.0 Å². The van der Waals surface area contributed by atoms with Crippen LogP contribution in [0.4, 0.5) is 13.2 Å². The van der Waals surface area contributed by atoms with E-state index < -0.39 is 40.5 Å². The third-order valence-corrected chi connectivity index (χ3v) is 4.03. The van der Waals surface area contributed by atoms with E-state index in [9.17, 15) is 31.2 Å². The molecular formula is C13H16F3N3O5S. The summed E-state index contributed by atoms with van der Waals surface area (Å²) in [7, 11) is -4.11. The Labute approximate surface area is 141 Å². The molecule has 1 aromatic carbocycles. The molecule has 12 heteroatoms. The molecule has 2 amide bonds. The van der Waals surface area contributed by atoms with Crippen molar-refractivity contribution in [3.63, 3.8) is 0 Å². The minimum atomic E-state index is -4.89. The molecule has 0 bridgehead atoms. The minimum Gasteiger partial charge on any atom is -0.406 e. The monoisotopic (exact) mass is 383 g/mol. The summed E-state index contributed by atoms with van der Waals surface area (Å²) in [4.78, 5) is 22.3. The topological polar surface area (TPSA) is 114 Å². The second-order valence-electron chi connectivity index (χ2n) is 4.57. The average Bonchev–Trinajstić information content (AvgIpc) is 2.50. The van der Waals surface area contributed by atoms with E-state index in [4.69, 9.17) is 0 Å². The molecule has 0 aliphatic carbocycles. The van der Waals surface area contributed by atoms with Gasteiger partial charge in [0.25, 0.3) is 0 Å². The second-order valence-corrected chi connectivity index (χ2v) is 6.34. The highest BCUT2D eigenvalue weighted by Gasteiger charge is 2.31. The van der Waals surface area contributed by atoms with Crippen LogP contribution in [0, 0.1) is 0 Å². The number of hydrogen-bond acceptors (Lipinski definition) is 5. The number of sulfonamides is 1. The smallest absolute Gasteiger partial charge is 0.406 e. The van der Waals surface area contributed by atoms with E-state index in [0.29, 0.717) is 6.54 Å². The summed E-state index contributed by atoms with van der Waals surface area (Å²) < 4.78 is 65.6. The molecule has 0 fully saturated rings. The summed E-state index contributed by atoms with van der Waals surface area (Å²) in [6.45, 7) is 1.13. The Kier molecular flexibility index (Phi) is 7.18. The van der Waals surface area contributed by atoms with Crippen molar-refractivity contribution in [2.75, 3.05) is 19.6 Å². The molecule has 0 aliphatic rings. The average molecular weight is 383 g/mol. The van der Waals surface area contributed by atoms with E-state index >= 15 is 0 Å². The van der Waals surface area contributed by atoms with Crippen molar-refractivity contribution in [2.45, 2.75) is 18.2 Å². The molecule has 0 heterocycles. The minimum absolute atomic E-state index is 0.308. The standard InChI is InChI=1S/C13H16F3N3O5S/c1-2-17-11(20)7-18-12(21)8-19-25(22,23)10-5-3-9(4-6-10)24-13(14,15)16/h3-6,19H,2,7-8H2,1H3,(H,17,20)(H,18,21). The van der Waals surface area contributed by atoms with Gasteiger partial charge in [-0.05, 0) is 31.2 Å². The first-order chi connectivity index (χ1) is 11.5. The van der Waals surface area contributed by atoms with Crippen molar-refractivity contribution in [3.8, 4) is 5.75 Å². The van der Waals surface area contributed by atoms with Gasteiger partial charge in [0.1, 0.15) is 5.75 Å². The molecule has 140 valence electrons. The van der Waals surface area contributed by atoms with Crippen LogP contribution in [-0.4, -0.2) is 46.2 Å². The molecule has 8 nitrogen and oxygen atoms in total. The van der Waals surface area contributed by atoms with Crippen LogP contribution in [0.3, 0.4) is 0 Å². The Morgan fingerprint density at radius 2 is 1.60 bits per heavy atom. The summed E-state index contributed by atoms with van der Waals surface area (Å²) in [5.41, 5.74) is 0. The third kappa shape index (κ3) is 7.85. The maximum Gasteiger partial charge on any atom is 0.573 e. The third-order valence-electron chi connectivity index (χ3n) is 2.61. The molecule has 0 aliphatic heterocycles. The molecule has 0 radical (unpaired) electrons. The van der Waals surface area contributed by atoms with Crippen molar-refractivity contribution in [2.24, 2.45) is 0 Å². The number of ether oxygens (including phenoxy) is 1. The molecule has 0 atom stereocenters. The van der Waals surface area contributed by atoms with Gasteiger partial charge in [-0.3, -0.25) is 9.59 Å². The summed E-state index contributed by atoms with van der Waals surface area (Å²) in [5, 5.41) is 4.64. The predicted molar refractivity (Wildman–Crippen MR) is 80.0 cm³/mol. The van der Waals surface area contributed by atoms with Crippen molar-refractivity contribution in [1.29, 1.82) is 0 Å². The maximum atomic E-state index is 12.0. The van der Waals surface area contributed by atoms with Crippen molar-refractivity contribution in [3.05, 3.63) is 24.3 Å². The highest BCUT2D eigenvalue weighted by molar-refractivity contribution is 7.89. The molecule has 0 saturated heterocycles. The zero-order valence-electron chi connectivity index (χ0n) is 13.0. The predicted octanol–water partition coefficient (Wildman–Crippen LogP) is 0.116. The van der Waals surface area contributed by atoms with E-state index in [0.717, 1.165) is 24.3 Å². The van der Waals surface area contributed by atoms with E-state index in [1.54, 1.807) is 6.92 Å². The number of carbonyl (C=O) groups excluding carboxylic acids is 2. The van der Waals surface area contributed by atoms with Crippen molar-refractivity contribution < 1.29 is 35.9 Å². The molecule has 0 unspecified atom stereocenters. The lowest BCUT2D eigenvalue weighted by atomic mass is 10.3. The number of amides is 2. The summed E-state index contributed by atoms with van der Waals surface area (Å²) in [5.74, 6) is -1.75. The van der Waals surface area contributed by atoms with Crippen LogP contribution >= 0.6 is 0 Å². The molecule has 25 heavy (non-hydrogen) atoms. The van der Waals surface area contributed by atoms with Gasteiger partial charge in [-0.15, -0.1) is 13.2 Å². The number of rotatable bonds is 8. The van der Waals surface area contributed by atoms with Gasteiger partial charge in [0.15, 0.2) is 0 Å². The number of benzene rings is 1. The van der Waals surface area contributed by atoms with Crippen molar-refractivity contribution >= 4 is 21.8 Å². The first-order valence-electron chi connectivity index (χ1n) is 6.92. The van der Waals surface area contributed by atoms with E-state index in [1.165, 1.54) is 0 Å². The van der Waals surface area contributed by atoms with Crippen LogP contribution in [-0.2, 0) is 19.6 Å². The van der Waals surface area contributed by atoms with Gasteiger partial charge >= 0.3 is 6.36 Å². The van der Waals surface area contributed by atoms with Crippen LogP contribution in [0.1, 0.15) is 6.92 Å². The first kappa shape index (κ1) is 20.7. The van der Waals surface area contributed by atoms with Crippen LogP contribution < -0.4 is 20.1 Å². The SMILES string of the molecule is CCNC(=O)CNC(=O)CNS(=O)(=O)c1ccc(OC(F)(F)F)cc1. The van der Waals surface area contributed by atoms with Crippen LogP contribution in [0.25, 0.3) is 0 Å². The molecule has 1 rings (SSSR count). The van der Waals surface area contributed by atoms with Gasteiger partial charge in [-0.1, -0.05) is 0 Å². The van der Waals surface area contributed by atoms with E-state index in [1.807, 2.05) is 4.72 Å². The Morgan fingerprint density at radius 3 is 2.12 bits per heavy atom. The normalized spacial score (nSPS) is 11.7. The maximum absolute atomic E-state index is 12.0. The molecule has 0 spiro atoms. The Balaban J connectivity index is 2.57. The van der Waals surface area contributed by atoms with Gasteiger partial charge in [0.2, 0.25) is 21.8 Å². The highest BCUT2D eigenvalue weighted by atomic mass is 32.2. The Hall–Kier alpha value is -2.34. The van der Waals surface area contributed by atoms with Gasteiger partial charge in [-0.2, -0.15) is 0 Å². The molecule has 0 saturated carbocycles. The fraction of sp³-hybridized carbons (Fsp3) is 0.385. The Bertz CT molecular complexity index is 705. The van der Waals surface area contributed by atoms with Gasteiger partial charge < -0.3 is 15.4 Å². The van der Waals surface area contributed by atoms with Gasteiger partial charge in [-0.25, -0.2) is 13.1 Å². The lowest BCUT2D eigenvalue weighted by Crippen LogP contribution is -2.41. The fourth-order valence-electron chi connectivity index (χ4n) is 1.57. The van der Waals surface area contributed by atoms with Crippen LogP contribution in [0.2, 0.25) is 0 Å². The molecular weight excluding hydrogens is 367 g/mol. The number of likely N-dealkylation sites (N-methyl/N-ethyl adjacent to an activating group) is 1.